The van der Waals surface area contributed by atoms with Crippen LogP contribution in [0.3, 0.4) is 0 Å². The molecule has 0 spiro atoms. The average molecular weight is 385 g/mol. The molecule has 2 aromatic carbocycles. The fraction of sp³-hybridized carbons (Fsp3) is 0.0476. The number of aryl methyl sites for hydroxylation is 1. The fourth-order valence-corrected chi connectivity index (χ4v) is 2.88. The van der Waals surface area contributed by atoms with Crippen LogP contribution in [0.4, 0.5) is 17.2 Å². The predicted molar refractivity (Wildman–Crippen MR) is 113 cm³/mol. The first-order valence-corrected chi connectivity index (χ1v) is 8.84. The monoisotopic (exact) mass is 385 g/mol. The normalized spacial score (nSPS) is 10.7. The molecule has 0 saturated carbocycles. The molecular weight excluding hydrogens is 366 g/mol. The molecule has 0 radical (unpaired) electrons. The van der Waals surface area contributed by atoms with Gasteiger partial charge < -0.3 is 15.8 Å². The van der Waals surface area contributed by atoms with Crippen LogP contribution in [0.2, 0.25) is 0 Å². The Labute approximate surface area is 166 Å². The Morgan fingerprint density at radius 1 is 1.14 bits per heavy atom. The van der Waals surface area contributed by atoms with Crippen LogP contribution in [-0.2, 0) is 0 Å². The number of nitrogens with one attached hydrogen (secondary N) is 2. The molecule has 0 fully saturated rings. The molecule has 29 heavy (non-hydrogen) atoms. The molecular formula is C21H19N7O. The molecule has 8 heteroatoms. The van der Waals surface area contributed by atoms with Crippen molar-refractivity contribution in [3.63, 3.8) is 0 Å². The summed E-state index contributed by atoms with van der Waals surface area (Å²) in [6, 6.07) is 12.7. The van der Waals surface area contributed by atoms with Crippen LogP contribution in [0, 0.1) is 12.3 Å². The molecule has 8 nitrogen and oxygen atoms in total. The van der Waals surface area contributed by atoms with Gasteiger partial charge in [0.15, 0.2) is 0 Å². The lowest BCUT2D eigenvalue weighted by atomic mass is 10.2. The van der Waals surface area contributed by atoms with Gasteiger partial charge in [0.1, 0.15) is 29.7 Å². The number of nitrogen functional groups attached to an aromatic ring is 1. The van der Waals surface area contributed by atoms with Crippen LogP contribution < -0.4 is 21.3 Å². The summed E-state index contributed by atoms with van der Waals surface area (Å²) in [4.78, 5) is 12.8. The maximum Gasteiger partial charge on any atom is 0.224 e. The van der Waals surface area contributed by atoms with Gasteiger partial charge in [0.25, 0.3) is 0 Å². The number of rotatable bonds is 5. The highest BCUT2D eigenvalue weighted by atomic mass is 16.5. The number of nitrogens with zero attached hydrogens (tertiary/aromatic N) is 4. The minimum absolute atomic E-state index is 0.232. The van der Waals surface area contributed by atoms with E-state index in [2.05, 4.69) is 26.8 Å². The van der Waals surface area contributed by atoms with Gasteiger partial charge in [-0.05, 0) is 48.9 Å². The average Bonchev–Trinajstić information content (AvgIpc) is 2.71. The summed E-state index contributed by atoms with van der Waals surface area (Å²) in [5, 5.41) is 12.1. The molecule has 144 valence electrons. The van der Waals surface area contributed by atoms with Crippen molar-refractivity contribution in [2.75, 3.05) is 11.1 Å². The van der Waals surface area contributed by atoms with Gasteiger partial charge in [-0.2, -0.15) is 0 Å². The summed E-state index contributed by atoms with van der Waals surface area (Å²) in [7, 11) is 0. The van der Waals surface area contributed by atoms with E-state index in [4.69, 9.17) is 15.9 Å². The van der Waals surface area contributed by atoms with Crippen LogP contribution in [0.15, 0.2) is 61.7 Å². The summed E-state index contributed by atoms with van der Waals surface area (Å²) in [5.74, 6) is 1.66. The third-order valence-electron chi connectivity index (χ3n) is 4.36. The fourth-order valence-electron chi connectivity index (χ4n) is 2.88. The first-order valence-electron chi connectivity index (χ1n) is 8.84. The highest BCUT2D eigenvalue weighted by molar-refractivity contribution is 5.92. The lowest BCUT2D eigenvalue weighted by Crippen LogP contribution is -2.14. The topological polar surface area (TPSA) is 115 Å². The Balaban J connectivity index is 1.59. The zero-order valence-electron chi connectivity index (χ0n) is 15.8. The van der Waals surface area contributed by atoms with Crippen LogP contribution in [-0.4, -0.2) is 19.5 Å². The molecule has 0 unspecified atom stereocenters. The predicted octanol–water partition coefficient (Wildman–Crippen LogP) is 3.83. The third-order valence-corrected chi connectivity index (χ3v) is 4.36. The van der Waals surface area contributed by atoms with E-state index in [0.717, 1.165) is 22.2 Å². The molecule has 2 heterocycles. The molecule has 0 aliphatic rings. The lowest BCUT2D eigenvalue weighted by Gasteiger charge is -2.12. The van der Waals surface area contributed by atoms with E-state index in [-0.39, 0.29) is 5.49 Å². The van der Waals surface area contributed by atoms with Crippen LogP contribution >= 0.6 is 0 Å². The number of nitrogens with two attached hydrogens (primary N) is 1. The number of anilines is 3. The minimum atomic E-state index is 0.232. The Morgan fingerprint density at radius 3 is 2.76 bits per heavy atom. The van der Waals surface area contributed by atoms with Gasteiger partial charge in [-0.1, -0.05) is 6.58 Å². The van der Waals surface area contributed by atoms with Crippen molar-refractivity contribution in [1.82, 2.24) is 19.5 Å². The Morgan fingerprint density at radius 2 is 2.00 bits per heavy atom. The molecule has 4 rings (SSSR count). The van der Waals surface area contributed by atoms with E-state index >= 15 is 0 Å². The lowest BCUT2D eigenvalue weighted by molar-refractivity contribution is 0.455. The van der Waals surface area contributed by atoms with Gasteiger partial charge in [-0.15, -0.1) is 0 Å². The summed E-state index contributed by atoms with van der Waals surface area (Å²) in [6.07, 6.45) is 4.51. The largest absolute Gasteiger partial charge is 0.439 e. The van der Waals surface area contributed by atoms with E-state index in [1.54, 1.807) is 0 Å². The van der Waals surface area contributed by atoms with E-state index in [1.165, 1.54) is 29.5 Å². The number of benzene rings is 2. The van der Waals surface area contributed by atoms with Crippen molar-refractivity contribution in [2.24, 2.45) is 0 Å². The zero-order chi connectivity index (χ0) is 20.4. The van der Waals surface area contributed by atoms with Crippen LogP contribution in [0.1, 0.15) is 5.56 Å². The number of hydrogen-bond acceptors (Lipinski definition) is 7. The van der Waals surface area contributed by atoms with Gasteiger partial charge in [0.05, 0.1) is 5.52 Å². The Kier molecular flexibility index (Phi) is 4.66. The highest BCUT2D eigenvalue weighted by Gasteiger charge is 2.08. The van der Waals surface area contributed by atoms with Crippen molar-refractivity contribution >= 4 is 34.3 Å². The second-order valence-electron chi connectivity index (χ2n) is 6.41. The molecule has 0 amide bonds. The summed E-state index contributed by atoms with van der Waals surface area (Å²) in [6.45, 7) is 5.56. The van der Waals surface area contributed by atoms with E-state index in [9.17, 15) is 0 Å². The molecule has 0 bridgehead atoms. The van der Waals surface area contributed by atoms with Crippen molar-refractivity contribution in [3.8, 4) is 11.6 Å². The molecule has 0 saturated heterocycles. The second kappa shape index (κ2) is 7.43. The molecule has 4 aromatic rings. The van der Waals surface area contributed by atoms with Crippen molar-refractivity contribution in [1.29, 1.82) is 5.41 Å². The molecule has 2 aromatic heterocycles. The second-order valence-corrected chi connectivity index (χ2v) is 6.41. The number of aromatic nitrogens is 4. The molecule has 0 aliphatic heterocycles. The van der Waals surface area contributed by atoms with Gasteiger partial charge in [0, 0.05) is 29.0 Å². The standard InChI is InChI=1S/C21H19N7O/c1-3-28-12-26-20(10-19(28)23)29-18-7-5-15(8-13(18)2)27-21-16-9-14(22)4-6-17(16)24-11-25-21/h3-12,23H,1,22H2,2H3,(H,24,25,27). The highest BCUT2D eigenvalue weighted by Crippen LogP contribution is 2.29. The first kappa shape index (κ1) is 18.2. The summed E-state index contributed by atoms with van der Waals surface area (Å²) in [5.41, 5.74) is 9.36. The number of hydrogen-bond donors (Lipinski definition) is 3. The quantitative estimate of drug-likeness (QED) is 0.450. The summed E-state index contributed by atoms with van der Waals surface area (Å²) >= 11 is 0. The van der Waals surface area contributed by atoms with E-state index in [0.29, 0.717) is 23.1 Å². The van der Waals surface area contributed by atoms with Crippen LogP contribution in [0.25, 0.3) is 17.1 Å². The van der Waals surface area contributed by atoms with Gasteiger partial charge in [-0.3, -0.25) is 9.98 Å². The molecule has 4 N–H and O–H groups in total. The third kappa shape index (κ3) is 3.77. The smallest absolute Gasteiger partial charge is 0.224 e. The minimum Gasteiger partial charge on any atom is -0.439 e. The zero-order valence-corrected chi connectivity index (χ0v) is 15.8. The van der Waals surface area contributed by atoms with Crippen molar-refractivity contribution in [3.05, 3.63) is 72.7 Å². The maximum atomic E-state index is 7.91. The Bertz CT molecular complexity index is 1280. The van der Waals surface area contributed by atoms with Crippen molar-refractivity contribution in [2.45, 2.75) is 6.92 Å². The molecule has 0 atom stereocenters. The van der Waals surface area contributed by atoms with Gasteiger partial charge in [0.2, 0.25) is 5.88 Å². The number of fused-ring (bicyclic) bond motifs is 1. The van der Waals surface area contributed by atoms with Gasteiger partial charge >= 0.3 is 0 Å². The molecule has 0 aliphatic carbocycles. The number of ether oxygens (including phenoxy) is 1. The van der Waals surface area contributed by atoms with E-state index in [1.807, 2.05) is 43.3 Å². The Hall–Kier alpha value is -4.20. The van der Waals surface area contributed by atoms with Gasteiger partial charge in [-0.25, -0.2) is 15.0 Å². The summed E-state index contributed by atoms with van der Waals surface area (Å²) < 4.78 is 7.32. The maximum absolute atomic E-state index is 7.91. The SMILES string of the molecule is C=Cn1cnc(Oc2ccc(Nc3ncnc4ccc(N)cc34)cc2C)cc1=N. The first-order chi connectivity index (χ1) is 14.0. The van der Waals surface area contributed by atoms with Crippen molar-refractivity contribution < 1.29 is 4.74 Å². The van der Waals surface area contributed by atoms with Crippen LogP contribution in [0.5, 0.6) is 11.6 Å². The van der Waals surface area contributed by atoms with E-state index < -0.39 is 0 Å².